The monoisotopic (exact) mass is 437 g/mol. The minimum atomic E-state index is -0.670. The van der Waals surface area contributed by atoms with Crippen molar-refractivity contribution in [2.45, 2.75) is 26.3 Å². The van der Waals surface area contributed by atoms with Gasteiger partial charge in [0, 0.05) is 19.6 Å². The lowest BCUT2D eigenvalue weighted by atomic mass is 10.0. The molecule has 0 saturated carbocycles. The van der Waals surface area contributed by atoms with Crippen LogP contribution in [-0.2, 0) is 16.1 Å². The first-order valence-corrected chi connectivity index (χ1v) is 10.7. The van der Waals surface area contributed by atoms with Gasteiger partial charge in [-0.15, -0.1) is 0 Å². The minimum absolute atomic E-state index is 0.318. The fourth-order valence-corrected chi connectivity index (χ4v) is 3.69. The largest absolute Gasteiger partial charge is 0.383 e. The molecule has 0 bridgehead atoms. The second-order valence-corrected chi connectivity index (χ2v) is 8.39. The maximum absolute atomic E-state index is 12.2. The highest BCUT2D eigenvalue weighted by atomic mass is 16.2. The van der Waals surface area contributed by atoms with Crippen LogP contribution in [0.1, 0.15) is 25.3 Å². The number of nitrogens with two attached hydrogens (primary N) is 1. The van der Waals surface area contributed by atoms with Gasteiger partial charge in [-0.05, 0) is 38.4 Å². The zero-order valence-corrected chi connectivity index (χ0v) is 18.8. The normalized spacial score (nSPS) is 15.9. The van der Waals surface area contributed by atoms with Gasteiger partial charge in [0.1, 0.15) is 5.82 Å². The Morgan fingerprint density at radius 2 is 2.00 bits per heavy atom. The van der Waals surface area contributed by atoms with Crippen molar-refractivity contribution < 1.29 is 9.59 Å². The molecule has 1 saturated heterocycles. The summed E-state index contributed by atoms with van der Waals surface area (Å²) in [5, 5.41) is 9.83. The van der Waals surface area contributed by atoms with Crippen molar-refractivity contribution in [3.63, 3.8) is 0 Å². The molecule has 4 rings (SSSR count). The van der Waals surface area contributed by atoms with Crippen LogP contribution in [0.15, 0.2) is 42.7 Å². The highest BCUT2D eigenvalue weighted by Crippen LogP contribution is 2.24. The number of fused-ring (bicyclic) bond motifs is 1. The summed E-state index contributed by atoms with van der Waals surface area (Å²) in [4.78, 5) is 32.2. The van der Waals surface area contributed by atoms with E-state index in [9.17, 15) is 9.59 Å². The van der Waals surface area contributed by atoms with E-state index in [0.29, 0.717) is 41.4 Å². The molecule has 1 aliphatic rings. The van der Waals surface area contributed by atoms with E-state index in [1.165, 1.54) is 18.0 Å². The SMILES string of the molecule is CC1CCCN(C(=O)C(=O)Nc2cnc(N)c3cn[nH]c23)C1.CN(C)Cc1ccccc1. The average Bonchev–Trinajstić information content (AvgIpc) is 3.27. The molecule has 0 aliphatic carbocycles. The Morgan fingerprint density at radius 1 is 1.25 bits per heavy atom. The van der Waals surface area contributed by atoms with E-state index in [1.54, 1.807) is 4.90 Å². The molecule has 2 amide bonds. The van der Waals surface area contributed by atoms with Crippen molar-refractivity contribution in [2.75, 3.05) is 38.2 Å². The summed E-state index contributed by atoms with van der Waals surface area (Å²) >= 11 is 0. The second kappa shape index (κ2) is 10.7. The molecule has 1 fully saturated rings. The zero-order chi connectivity index (χ0) is 23.1. The maximum Gasteiger partial charge on any atom is 0.314 e. The molecule has 1 atom stereocenters. The summed E-state index contributed by atoms with van der Waals surface area (Å²) in [6.45, 7) is 4.35. The summed E-state index contributed by atoms with van der Waals surface area (Å²) < 4.78 is 0. The van der Waals surface area contributed by atoms with Gasteiger partial charge in [0.05, 0.1) is 29.0 Å². The van der Waals surface area contributed by atoms with Crippen LogP contribution in [0.5, 0.6) is 0 Å². The van der Waals surface area contributed by atoms with E-state index >= 15 is 0 Å². The molecule has 1 aliphatic heterocycles. The Morgan fingerprint density at radius 3 is 2.69 bits per heavy atom. The number of amides is 2. The van der Waals surface area contributed by atoms with Crippen LogP contribution in [0.4, 0.5) is 11.5 Å². The van der Waals surface area contributed by atoms with E-state index in [0.717, 1.165) is 19.4 Å². The predicted octanol–water partition coefficient (Wildman–Crippen LogP) is 2.49. The van der Waals surface area contributed by atoms with Crippen molar-refractivity contribution in [3.8, 4) is 0 Å². The molecule has 170 valence electrons. The quantitative estimate of drug-likeness (QED) is 0.542. The Balaban J connectivity index is 0.000000243. The predicted molar refractivity (Wildman–Crippen MR) is 126 cm³/mol. The number of carbonyl (C=O) groups excluding carboxylic acids is 2. The van der Waals surface area contributed by atoms with Crippen LogP contribution in [-0.4, -0.2) is 64.0 Å². The number of likely N-dealkylation sites (tertiary alicyclic amines) is 1. The maximum atomic E-state index is 12.2. The number of piperidine rings is 1. The van der Waals surface area contributed by atoms with Crippen LogP contribution in [0, 0.1) is 5.92 Å². The molecule has 32 heavy (non-hydrogen) atoms. The number of anilines is 2. The van der Waals surface area contributed by atoms with Gasteiger partial charge in [-0.2, -0.15) is 5.10 Å². The Bertz CT molecular complexity index is 1050. The summed E-state index contributed by atoms with van der Waals surface area (Å²) in [6.07, 6.45) is 4.96. The van der Waals surface area contributed by atoms with E-state index < -0.39 is 11.8 Å². The highest BCUT2D eigenvalue weighted by Gasteiger charge is 2.26. The van der Waals surface area contributed by atoms with Gasteiger partial charge in [0.2, 0.25) is 0 Å². The van der Waals surface area contributed by atoms with Crippen molar-refractivity contribution in [3.05, 3.63) is 48.3 Å². The number of aromatic amines is 1. The van der Waals surface area contributed by atoms with Crippen molar-refractivity contribution >= 4 is 34.2 Å². The summed E-state index contributed by atoms with van der Waals surface area (Å²) in [5.41, 5.74) is 8.05. The third-order valence-electron chi connectivity index (χ3n) is 5.25. The first kappa shape index (κ1) is 23.2. The second-order valence-electron chi connectivity index (χ2n) is 8.39. The van der Waals surface area contributed by atoms with Gasteiger partial charge in [-0.25, -0.2) is 4.98 Å². The van der Waals surface area contributed by atoms with Crippen molar-refractivity contribution in [1.29, 1.82) is 0 Å². The number of carbonyl (C=O) groups is 2. The summed E-state index contributed by atoms with van der Waals surface area (Å²) in [6, 6.07) is 10.5. The Labute approximate surface area is 188 Å². The molecule has 1 aromatic carbocycles. The number of nitrogens with zero attached hydrogens (tertiary/aromatic N) is 4. The topological polar surface area (TPSA) is 120 Å². The molecular formula is C23H31N7O2. The molecule has 3 heterocycles. The van der Waals surface area contributed by atoms with E-state index in [-0.39, 0.29) is 0 Å². The van der Waals surface area contributed by atoms with Crippen LogP contribution in [0.25, 0.3) is 10.9 Å². The van der Waals surface area contributed by atoms with Gasteiger partial charge in [0.25, 0.3) is 0 Å². The number of H-pyrrole nitrogens is 1. The lowest BCUT2D eigenvalue weighted by Crippen LogP contribution is -2.44. The fourth-order valence-electron chi connectivity index (χ4n) is 3.69. The third-order valence-corrected chi connectivity index (χ3v) is 5.25. The summed E-state index contributed by atoms with van der Waals surface area (Å²) in [5.74, 6) is -0.450. The third kappa shape index (κ3) is 6.04. The molecule has 2 aromatic heterocycles. The number of hydrogen-bond donors (Lipinski definition) is 3. The lowest BCUT2D eigenvalue weighted by Gasteiger charge is -2.30. The van der Waals surface area contributed by atoms with E-state index in [1.807, 2.05) is 6.07 Å². The smallest absolute Gasteiger partial charge is 0.314 e. The van der Waals surface area contributed by atoms with Gasteiger partial charge in [-0.3, -0.25) is 14.7 Å². The first-order valence-electron chi connectivity index (χ1n) is 10.7. The molecule has 3 aromatic rings. The fraction of sp³-hybridized carbons (Fsp3) is 0.391. The minimum Gasteiger partial charge on any atom is -0.383 e. The van der Waals surface area contributed by atoms with Gasteiger partial charge >= 0.3 is 11.8 Å². The first-order chi connectivity index (χ1) is 15.3. The summed E-state index contributed by atoms with van der Waals surface area (Å²) in [7, 11) is 4.15. The highest BCUT2D eigenvalue weighted by molar-refractivity contribution is 6.40. The molecule has 1 unspecified atom stereocenters. The number of hydrogen-bond acceptors (Lipinski definition) is 6. The van der Waals surface area contributed by atoms with Crippen molar-refractivity contribution in [2.24, 2.45) is 5.92 Å². The Kier molecular flexibility index (Phi) is 7.77. The molecule has 9 heteroatoms. The number of rotatable bonds is 3. The zero-order valence-electron chi connectivity index (χ0n) is 18.8. The molecule has 0 radical (unpaired) electrons. The van der Waals surface area contributed by atoms with E-state index in [4.69, 9.17) is 5.73 Å². The number of benzene rings is 1. The molecule has 9 nitrogen and oxygen atoms in total. The molecule has 0 spiro atoms. The van der Waals surface area contributed by atoms with Crippen LogP contribution in [0.3, 0.4) is 0 Å². The number of aromatic nitrogens is 3. The number of nitrogen functional groups attached to an aromatic ring is 1. The van der Waals surface area contributed by atoms with E-state index in [2.05, 4.69) is 70.7 Å². The Hall–Kier alpha value is -3.46. The van der Waals surface area contributed by atoms with Crippen LogP contribution < -0.4 is 11.1 Å². The van der Waals surface area contributed by atoms with Crippen LogP contribution >= 0.6 is 0 Å². The van der Waals surface area contributed by atoms with Gasteiger partial charge in [0.15, 0.2) is 0 Å². The lowest BCUT2D eigenvalue weighted by molar-refractivity contribution is -0.144. The van der Waals surface area contributed by atoms with Gasteiger partial charge < -0.3 is 20.9 Å². The average molecular weight is 438 g/mol. The molecular weight excluding hydrogens is 406 g/mol. The van der Waals surface area contributed by atoms with Crippen molar-refractivity contribution in [1.82, 2.24) is 25.0 Å². The molecule has 4 N–H and O–H groups in total. The van der Waals surface area contributed by atoms with Crippen LogP contribution in [0.2, 0.25) is 0 Å². The number of pyridine rings is 1. The van der Waals surface area contributed by atoms with Gasteiger partial charge in [-0.1, -0.05) is 37.3 Å². The standard InChI is InChI=1S/C14H18N6O2.C9H13N/c1-8-3-2-4-20(7-8)14(22)13(21)18-10-6-16-12(15)9-5-17-19-11(9)10;1-10(2)8-9-6-4-3-5-7-9/h5-6,8H,2-4,7H2,1H3,(H2,15,16)(H,17,19)(H,18,21);3-7H,8H2,1-2H3. The number of nitrogens with one attached hydrogen (secondary N) is 2.